The fraction of sp³-hybridized carbons (Fsp3) is 0.583. The number of rotatable bonds is 5. The summed E-state index contributed by atoms with van der Waals surface area (Å²) < 4.78 is 0. The minimum absolute atomic E-state index is 0.681. The van der Waals surface area contributed by atoms with Crippen LogP contribution in [0, 0.1) is 17.2 Å². The fourth-order valence-electron chi connectivity index (χ4n) is 1.13. The highest BCUT2D eigenvalue weighted by molar-refractivity contribution is 5.01. The van der Waals surface area contributed by atoms with Crippen LogP contribution in [0.2, 0.25) is 0 Å². The Bertz CT molecular complexity index is 214. The Morgan fingerprint density at radius 2 is 2.15 bits per heavy atom. The van der Waals surface area contributed by atoms with Crippen molar-refractivity contribution in [3.63, 3.8) is 0 Å². The maximum absolute atomic E-state index is 8.28. The average molecular weight is 177 g/mol. The third-order valence-electron chi connectivity index (χ3n) is 1.94. The van der Waals surface area contributed by atoms with E-state index in [-0.39, 0.29) is 0 Å². The van der Waals surface area contributed by atoms with Gasteiger partial charge in [-0.15, -0.1) is 0 Å². The van der Waals surface area contributed by atoms with Crippen molar-refractivity contribution >= 4 is 0 Å². The Morgan fingerprint density at radius 3 is 2.69 bits per heavy atom. The second-order valence-electron chi connectivity index (χ2n) is 3.73. The topological polar surface area (TPSA) is 23.8 Å². The van der Waals surface area contributed by atoms with E-state index in [4.69, 9.17) is 5.26 Å². The van der Waals surface area contributed by atoms with Gasteiger partial charge in [0, 0.05) is 6.08 Å². The molecular weight excluding hydrogens is 158 g/mol. The smallest absolute Gasteiger partial charge is 0.0908 e. The van der Waals surface area contributed by atoms with Crippen LogP contribution in [0.5, 0.6) is 0 Å². The highest BCUT2D eigenvalue weighted by Gasteiger charge is 1.97. The number of hydrogen-bond acceptors (Lipinski definition) is 1. The van der Waals surface area contributed by atoms with Gasteiger partial charge >= 0.3 is 0 Å². The van der Waals surface area contributed by atoms with Crippen LogP contribution < -0.4 is 0 Å². The lowest BCUT2D eigenvalue weighted by molar-refractivity contribution is 0.546. The Balaban J connectivity index is 3.53. The van der Waals surface area contributed by atoms with Gasteiger partial charge in [0.1, 0.15) is 0 Å². The van der Waals surface area contributed by atoms with Crippen LogP contribution in [-0.4, -0.2) is 0 Å². The van der Waals surface area contributed by atoms with E-state index in [0.29, 0.717) is 5.92 Å². The van der Waals surface area contributed by atoms with Crippen molar-refractivity contribution in [2.24, 2.45) is 5.92 Å². The highest BCUT2D eigenvalue weighted by atomic mass is 14.2. The van der Waals surface area contributed by atoms with E-state index >= 15 is 0 Å². The lowest BCUT2D eigenvalue weighted by Gasteiger charge is -2.05. The second kappa shape index (κ2) is 7.61. The molecule has 0 saturated heterocycles. The van der Waals surface area contributed by atoms with Crippen molar-refractivity contribution < 1.29 is 0 Å². The largest absolute Gasteiger partial charge is 0.193 e. The van der Waals surface area contributed by atoms with E-state index in [0.717, 1.165) is 12.8 Å². The lowest BCUT2D eigenvalue weighted by atomic mass is 10.0. The monoisotopic (exact) mass is 177 g/mol. The molecule has 0 heterocycles. The minimum Gasteiger partial charge on any atom is -0.193 e. The van der Waals surface area contributed by atoms with Crippen molar-refractivity contribution in [2.75, 3.05) is 0 Å². The number of hydrogen-bond donors (Lipinski definition) is 0. The Hall–Kier alpha value is -1.03. The van der Waals surface area contributed by atoms with Gasteiger partial charge in [-0.2, -0.15) is 5.26 Å². The molecule has 0 saturated carbocycles. The van der Waals surface area contributed by atoms with Crippen LogP contribution in [0.25, 0.3) is 0 Å². The molecule has 0 radical (unpaired) electrons. The number of nitrogens with zero attached hydrogens (tertiary/aromatic N) is 1. The summed E-state index contributed by atoms with van der Waals surface area (Å²) in [6.07, 6.45) is 9.17. The first kappa shape index (κ1) is 12.0. The van der Waals surface area contributed by atoms with Crippen LogP contribution >= 0.6 is 0 Å². The summed E-state index contributed by atoms with van der Waals surface area (Å²) in [5.74, 6) is 0.681. The maximum atomic E-state index is 8.28. The van der Waals surface area contributed by atoms with Crippen molar-refractivity contribution in [1.29, 1.82) is 5.26 Å². The summed E-state index contributed by atoms with van der Waals surface area (Å²) >= 11 is 0. The van der Waals surface area contributed by atoms with E-state index < -0.39 is 0 Å². The minimum atomic E-state index is 0.681. The zero-order valence-electron chi connectivity index (χ0n) is 8.88. The van der Waals surface area contributed by atoms with Crippen LogP contribution in [0.1, 0.15) is 40.0 Å². The van der Waals surface area contributed by atoms with Crippen LogP contribution in [0.4, 0.5) is 0 Å². The molecular formula is C12H19N. The molecule has 0 fully saturated rings. The molecule has 0 N–H and O–H groups in total. The number of allylic oxidation sites excluding steroid dienone is 4. The molecule has 0 aliphatic heterocycles. The molecule has 1 atom stereocenters. The Morgan fingerprint density at radius 1 is 1.46 bits per heavy atom. The van der Waals surface area contributed by atoms with Crippen molar-refractivity contribution in [3.05, 3.63) is 23.8 Å². The summed E-state index contributed by atoms with van der Waals surface area (Å²) in [6.45, 7) is 6.47. The summed E-state index contributed by atoms with van der Waals surface area (Å²) in [5, 5.41) is 8.28. The molecule has 13 heavy (non-hydrogen) atoms. The molecule has 72 valence electrons. The van der Waals surface area contributed by atoms with Gasteiger partial charge in [0.15, 0.2) is 0 Å². The average Bonchev–Trinajstić information content (AvgIpc) is 2.04. The third-order valence-corrected chi connectivity index (χ3v) is 1.94. The third kappa shape index (κ3) is 8.88. The van der Waals surface area contributed by atoms with Crippen LogP contribution in [-0.2, 0) is 0 Å². The molecule has 0 aromatic heterocycles. The molecule has 0 aromatic carbocycles. The zero-order valence-corrected chi connectivity index (χ0v) is 8.88. The normalized spacial score (nSPS) is 12.5. The molecule has 0 rings (SSSR count). The van der Waals surface area contributed by atoms with Gasteiger partial charge in [-0.05, 0) is 39.0 Å². The van der Waals surface area contributed by atoms with E-state index in [2.05, 4.69) is 26.8 Å². The Labute approximate surface area is 81.8 Å². The molecule has 0 unspecified atom stereocenters. The zero-order chi connectivity index (χ0) is 10.1. The number of nitriles is 1. The van der Waals surface area contributed by atoms with Gasteiger partial charge in [-0.1, -0.05) is 24.6 Å². The van der Waals surface area contributed by atoms with Gasteiger partial charge in [0.2, 0.25) is 0 Å². The fourth-order valence-corrected chi connectivity index (χ4v) is 1.13. The van der Waals surface area contributed by atoms with E-state index in [1.807, 2.05) is 12.1 Å². The summed E-state index contributed by atoms with van der Waals surface area (Å²) in [7, 11) is 0. The molecule has 0 bridgehead atoms. The Kier molecular flexibility index (Phi) is 7.01. The molecule has 0 aliphatic carbocycles. The molecule has 0 amide bonds. The first-order valence-electron chi connectivity index (χ1n) is 4.84. The quantitative estimate of drug-likeness (QED) is 0.462. The first-order chi connectivity index (χ1) is 6.16. The molecule has 1 heteroatoms. The van der Waals surface area contributed by atoms with Crippen LogP contribution in [0.3, 0.4) is 0 Å². The van der Waals surface area contributed by atoms with Crippen molar-refractivity contribution in [2.45, 2.75) is 40.0 Å². The van der Waals surface area contributed by atoms with Gasteiger partial charge in [-0.3, -0.25) is 0 Å². The molecule has 0 spiro atoms. The van der Waals surface area contributed by atoms with E-state index in [1.54, 1.807) is 6.08 Å². The van der Waals surface area contributed by atoms with Gasteiger partial charge in [0.05, 0.1) is 6.07 Å². The van der Waals surface area contributed by atoms with Crippen molar-refractivity contribution in [1.82, 2.24) is 0 Å². The maximum Gasteiger partial charge on any atom is 0.0908 e. The predicted octanol–water partition coefficient (Wildman–Crippen LogP) is 3.84. The molecule has 0 aromatic rings. The van der Waals surface area contributed by atoms with Gasteiger partial charge in [-0.25, -0.2) is 0 Å². The molecule has 0 aliphatic rings. The van der Waals surface area contributed by atoms with Crippen molar-refractivity contribution in [3.8, 4) is 6.07 Å². The SMILES string of the molecule is CC(C)=CCC[C@@H](C)C/C=C\C#N. The van der Waals surface area contributed by atoms with Crippen LogP contribution in [0.15, 0.2) is 23.8 Å². The standard InChI is InChI=1S/C12H19N/c1-11(2)7-6-9-12(3)8-4-5-10-13/h4-5,7,12H,6,8-9H2,1-3H3/b5-4-/t12-/m0/s1. The first-order valence-corrected chi connectivity index (χ1v) is 4.84. The van der Waals surface area contributed by atoms with Gasteiger partial charge < -0.3 is 0 Å². The summed E-state index contributed by atoms with van der Waals surface area (Å²) in [6, 6.07) is 2.00. The van der Waals surface area contributed by atoms with E-state index in [1.165, 1.54) is 12.0 Å². The summed E-state index contributed by atoms with van der Waals surface area (Å²) in [4.78, 5) is 0. The second-order valence-corrected chi connectivity index (χ2v) is 3.73. The summed E-state index contributed by atoms with van der Waals surface area (Å²) in [5.41, 5.74) is 1.39. The lowest BCUT2D eigenvalue weighted by Crippen LogP contribution is -1.91. The molecule has 1 nitrogen and oxygen atoms in total. The predicted molar refractivity (Wildman–Crippen MR) is 57.2 cm³/mol. The highest BCUT2D eigenvalue weighted by Crippen LogP contribution is 2.11. The van der Waals surface area contributed by atoms with Gasteiger partial charge in [0.25, 0.3) is 0 Å². The van der Waals surface area contributed by atoms with E-state index in [9.17, 15) is 0 Å².